The van der Waals surface area contributed by atoms with E-state index in [4.69, 9.17) is 0 Å². The van der Waals surface area contributed by atoms with Crippen LogP contribution in [0, 0.1) is 10.1 Å². The Morgan fingerprint density at radius 3 is 2.60 bits per heavy atom. The van der Waals surface area contributed by atoms with Crippen LogP contribution < -0.4 is 5.32 Å². The molecule has 1 aromatic rings. The van der Waals surface area contributed by atoms with Crippen molar-refractivity contribution in [3.05, 3.63) is 39.9 Å². The molecule has 0 atom stereocenters. The van der Waals surface area contributed by atoms with Crippen LogP contribution in [0.2, 0.25) is 0 Å². The van der Waals surface area contributed by atoms with Crippen LogP contribution in [0.15, 0.2) is 29.3 Å². The molecule has 0 saturated carbocycles. The molecule has 0 amide bonds. The normalized spacial score (nSPS) is 15.3. The molecular formula is C10H11N3O2. The van der Waals surface area contributed by atoms with Crippen molar-refractivity contribution in [2.45, 2.75) is 6.42 Å². The smallest absolute Gasteiger partial charge is 0.269 e. The second kappa shape index (κ2) is 4.08. The van der Waals surface area contributed by atoms with Crippen LogP contribution in [0.5, 0.6) is 0 Å². The number of hydrogen-bond acceptors (Lipinski definition) is 4. The van der Waals surface area contributed by atoms with E-state index in [9.17, 15) is 10.1 Å². The molecule has 0 saturated heterocycles. The van der Waals surface area contributed by atoms with E-state index in [2.05, 4.69) is 10.3 Å². The number of nitro benzene ring substituents is 1. The first-order chi connectivity index (χ1) is 7.27. The molecule has 0 radical (unpaired) electrons. The average molecular weight is 205 g/mol. The topological polar surface area (TPSA) is 67.5 Å². The maximum Gasteiger partial charge on any atom is 0.269 e. The standard InChI is InChI=1S/C10H11N3O2/c14-13(15)9-4-2-8(3-5-9)10-11-6-1-7-12-10/h2-5H,1,6-7H2,(H,11,12). The molecule has 1 N–H and O–H groups in total. The molecular weight excluding hydrogens is 194 g/mol. The molecule has 1 aliphatic heterocycles. The van der Waals surface area contributed by atoms with Crippen LogP contribution in [0.3, 0.4) is 0 Å². The van der Waals surface area contributed by atoms with Crippen molar-refractivity contribution in [2.75, 3.05) is 13.1 Å². The molecule has 15 heavy (non-hydrogen) atoms. The van der Waals surface area contributed by atoms with Gasteiger partial charge < -0.3 is 5.32 Å². The first-order valence-corrected chi connectivity index (χ1v) is 4.80. The Morgan fingerprint density at radius 1 is 1.33 bits per heavy atom. The first kappa shape index (κ1) is 9.64. The average Bonchev–Trinajstić information content (AvgIpc) is 2.30. The summed E-state index contributed by atoms with van der Waals surface area (Å²) in [5.74, 6) is 0.830. The van der Waals surface area contributed by atoms with E-state index in [-0.39, 0.29) is 5.69 Å². The number of aliphatic imine (C=N–C) groups is 1. The Hall–Kier alpha value is -1.91. The number of nitro groups is 1. The van der Waals surface area contributed by atoms with Gasteiger partial charge in [-0.15, -0.1) is 0 Å². The van der Waals surface area contributed by atoms with Gasteiger partial charge >= 0.3 is 0 Å². The number of hydrogen-bond donors (Lipinski definition) is 1. The fourth-order valence-electron chi connectivity index (χ4n) is 1.47. The fraction of sp³-hybridized carbons (Fsp3) is 0.300. The lowest BCUT2D eigenvalue weighted by Gasteiger charge is -2.14. The van der Waals surface area contributed by atoms with Crippen molar-refractivity contribution in [1.29, 1.82) is 0 Å². The lowest BCUT2D eigenvalue weighted by Crippen LogP contribution is -2.30. The highest BCUT2D eigenvalue weighted by Gasteiger charge is 2.09. The van der Waals surface area contributed by atoms with Gasteiger partial charge in [0.25, 0.3) is 5.69 Å². The van der Waals surface area contributed by atoms with Gasteiger partial charge in [-0.3, -0.25) is 15.1 Å². The third-order valence-corrected chi connectivity index (χ3v) is 2.25. The number of amidine groups is 1. The van der Waals surface area contributed by atoms with E-state index >= 15 is 0 Å². The Kier molecular flexibility index (Phi) is 2.62. The summed E-state index contributed by atoms with van der Waals surface area (Å²) >= 11 is 0. The molecule has 1 aliphatic rings. The molecule has 0 aromatic heterocycles. The third kappa shape index (κ3) is 2.12. The molecule has 0 aliphatic carbocycles. The van der Waals surface area contributed by atoms with Gasteiger partial charge in [-0.1, -0.05) is 0 Å². The van der Waals surface area contributed by atoms with E-state index < -0.39 is 4.92 Å². The number of benzene rings is 1. The minimum atomic E-state index is -0.403. The molecule has 0 unspecified atom stereocenters. The van der Waals surface area contributed by atoms with Crippen molar-refractivity contribution >= 4 is 11.5 Å². The van der Waals surface area contributed by atoms with Gasteiger partial charge in [0.2, 0.25) is 0 Å². The molecule has 0 fully saturated rings. The second-order valence-electron chi connectivity index (χ2n) is 3.31. The Bertz CT molecular complexity index is 398. The maximum absolute atomic E-state index is 10.4. The minimum Gasteiger partial charge on any atom is -0.370 e. The van der Waals surface area contributed by atoms with Gasteiger partial charge in [-0.2, -0.15) is 0 Å². The van der Waals surface area contributed by atoms with Crippen molar-refractivity contribution in [1.82, 2.24) is 5.32 Å². The Balaban J connectivity index is 2.23. The van der Waals surface area contributed by atoms with Gasteiger partial charge in [-0.25, -0.2) is 0 Å². The first-order valence-electron chi connectivity index (χ1n) is 4.80. The molecule has 5 nitrogen and oxygen atoms in total. The van der Waals surface area contributed by atoms with Crippen molar-refractivity contribution < 1.29 is 4.92 Å². The van der Waals surface area contributed by atoms with Gasteiger partial charge in [0.05, 0.1) is 4.92 Å². The molecule has 0 bridgehead atoms. The van der Waals surface area contributed by atoms with Gasteiger partial charge in [0.15, 0.2) is 0 Å². The van der Waals surface area contributed by atoms with Crippen molar-refractivity contribution in [2.24, 2.45) is 4.99 Å². The summed E-state index contributed by atoms with van der Waals surface area (Å²) in [5, 5.41) is 13.6. The van der Waals surface area contributed by atoms with E-state index in [1.165, 1.54) is 12.1 Å². The minimum absolute atomic E-state index is 0.107. The van der Waals surface area contributed by atoms with Crippen LogP contribution >= 0.6 is 0 Å². The molecule has 1 heterocycles. The van der Waals surface area contributed by atoms with E-state index in [1.54, 1.807) is 12.1 Å². The summed E-state index contributed by atoms with van der Waals surface area (Å²) in [7, 11) is 0. The zero-order valence-electron chi connectivity index (χ0n) is 8.14. The Labute approximate surface area is 87.0 Å². The van der Waals surface area contributed by atoms with Crippen molar-refractivity contribution in [3.63, 3.8) is 0 Å². The highest BCUT2D eigenvalue weighted by Crippen LogP contribution is 2.12. The van der Waals surface area contributed by atoms with E-state index in [0.29, 0.717) is 0 Å². The number of nitrogens with zero attached hydrogens (tertiary/aromatic N) is 2. The predicted octanol–water partition coefficient (Wildman–Crippen LogP) is 1.33. The fourth-order valence-corrected chi connectivity index (χ4v) is 1.47. The summed E-state index contributed by atoms with van der Waals surface area (Å²) in [6.07, 6.45) is 1.04. The van der Waals surface area contributed by atoms with Crippen LogP contribution in [0.25, 0.3) is 0 Å². The van der Waals surface area contributed by atoms with E-state index in [1.807, 2.05) is 0 Å². The second-order valence-corrected chi connectivity index (χ2v) is 3.31. The third-order valence-electron chi connectivity index (χ3n) is 2.25. The van der Waals surface area contributed by atoms with Gasteiger partial charge in [0.1, 0.15) is 5.84 Å². The quantitative estimate of drug-likeness (QED) is 0.585. The highest BCUT2D eigenvalue weighted by molar-refractivity contribution is 5.99. The van der Waals surface area contributed by atoms with Crippen LogP contribution in [-0.2, 0) is 0 Å². The monoisotopic (exact) mass is 205 g/mol. The largest absolute Gasteiger partial charge is 0.370 e. The van der Waals surface area contributed by atoms with Crippen LogP contribution in [-0.4, -0.2) is 23.8 Å². The van der Waals surface area contributed by atoms with Crippen LogP contribution in [0.1, 0.15) is 12.0 Å². The van der Waals surface area contributed by atoms with Crippen LogP contribution in [0.4, 0.5) is 5.69 Å². The van der Waals surface area contributed by atoms with Crippen molar-refractivity contribution in [3.8, 4) is 0 Å². The summed E-state index contributed by atoms with van der Waals surface area (Å²) in [5.41, 5.74) is 1.01. The molecule has 2 rings (SSSR count). The lowest BCUT2D eigenvalue weighted by molar-refractivity contribution is -0.384. The summed E-state index contributed by atoms with van der Waals surface area (Å²) in [4.78, 5) is 14.4. The SMILES string of the molecule is O=[N+]([O-])c1ccc(C2=NCCCN2)cc1. The van der Waals surface area contributed by atoms with E-state index in [0.717, 1.165) is 30.9 Å². The van der Waals surface area contributed by atoms with Gasteiger partial charge in [-0.05, 0) is 18.6 Å². The Morgan fingerprint density at radius 2 is 2.07 bits per heavy atom. The predicted molar refractivity (Wildman–Crippen MR) is 57.1 cm³/mol. The maximum atomic E-state index is 10.4. The number of rotatable bonds is 2. The number of nitrogens with one attached hydrogen (secondary N) is 1. The summed E-state index contributed by atoms with van der Waals surface area (Å²) < 4.78 is 0. The zero-order chi connectivity index (χ0) is 10.7. The zero-order valence-corrected chi connectivity index (χ0v) is 8.14. The molecule has 1 aromatic carbocycles. The molecule has 78 valence electrons. The summed E-state index contributed by atoms with van der Waals surface area (Å²) in [6, 6.07) is 6.42. The lowest BCUT2D eigenvalue weighted by atomic mass is 10.1. The van der Waals surface area contributed by atoms with Gasteiger partial charge in [0, 0.05) is 30.8 Å². The number of non-ortho nitro benzene ring substituents is 1. The molecule has 0 spiro atoms. The highest BCUT2D eigenvalue weighted by atomic mass is 16.6. The summed E-state index contributed by atoms with van der Waals surface area (Å²) in [6.45, 7) is 1.73. The molecule has 5 heteroatoms.